The number of amides is 1. The third-order valence-electron chi connectivity index (χ3n) is 5.66. The molecule has 0 radical (unpaired) electrons. The first kappa shape index (κ1) is 24.9. The number of nitro groups is 1. The average Bonchev–Trinajstić information content (AvgIpc) is 3.32. The Morgan fingerprint density at radius 3 is 2.56 bits per heavy atom. The average molecular weight is 504 g/mol. The number of aryl methyl sites for hydroxylation is 1. The van der Waals surface area contributed by atoms with Gasteiger partial charge in [0, 0.05) is 29.1 Å². The highest BCUT2D eigenvalue weighted by Gasteiger charge is 2.22. The SMILES string of the molecule is COc1cccc(C(=O)NC(C)c2nnc(SCc3ccccc3C)n2-c2ccc([N+](=O)[O-])cc2)c1. The maximum atomic E-state index is 12.9. The molecule has 4 aromatic rings. The van der Waals surface area contributed by atoms with Crippen LogP contribution >= 0.6 is 11.8 Å². The Morgan fingerprint density at radius 2 is 1.86 bits per heavy atom. The van der Waals surface area contributed by atoms with Crippen LogP contribution in [0.4, 0.5) is 5.69 Å². The van der Waals surface area contributed by atoms with Gasteiger partial charge in [-0.05, 0) is 55.3 Å². The van der Waals surface area contributed by atoms with Crippen LogP contribution in [-0.2, 0) is 5.75 Å². The summed E-state index contributed by atoms with van der Waals surface area (Å²) in [7, 11) is 1.54. The zero-order chi connectivity index (χ0) is 25.7. The van der Waals surface area contributed by atoms with E-state index >= 15 is 0 Å². The number of carbonyl (C=O) groups is 1. The number of benzene rings is 3. The van der Waals surface area contributed by atoms with Gasteiger partial charge in [0.2, 0.25) is 0 Å². The molecule has 1 amide bonds. The van der Waals surface area contributed by atoms with E-state index in [1.807, 2.05) is 23.6 Å². The topological polar surface area (TPSA) is 112 Å². The first-order valence-electron chi connectivity index (χ1n) is 11.2. The molecule has 1 aromatic heterocycles. The van der Waals surface area contributed by atoms with Gasteiger partial charge in [0.15, 0.2) is 11.0 Å². The van der Waals surface area contributed by atoms with Crippen LogP contribution in [0.2, 0.25) is 0 Å². The van der Waals surface area contributed by atoms with Crippen molar-refractivity contribution in [2.75, 3.05) is 7.11 Å². The molecule has 0 spiro atoms. The Hall–Kier alpha value is -4.18. The van der Waals surface area contributed by atoms with Crippen LogP contribution in [-0.4, -0.2) is 32.7 Å². The molecule has 0 saturated carbocycles. The summed E-state index contributed by atoms with van der Waals surface area (Å²) < 4.78 is 7.04. The number of carbonyl (C=O) groups excluding carboxylic acids is 1. The normalized spacial score (nSPS) is 11.6. The van der Waals surface area contributed by atoms with E-state index in [4.69, 9.17) is 4.74 Å². The molecule has 1 atom stereocenters. The summed E-state index contributed by atoms with van der Waals surface area (Å²) in [6, 6.07) is 20.7. The molecule has 1 unspecified atom stereocenters. The number of ether oxygens (including phenoxy) is 1. The lowest BCUT2D eigenvalue weighted by Gasteiger charge is -2.17. The third kappa shape index (κ3) is 5.55. The molecular weight excluding hydrogens is 478 g/mol. The summed E-state index contributed by atoms with van der Waals surface area (Å²) in [6.45, 7) is 3.87. The Morgan fingerprint density at radius 1 is 1.11 bits per heavy atom. The number of nitro benzene ring substituents is 1. The quantitative estimate of drug-likeness (QED) is 0.188. The highest BCUT2D eigenvalue weighted by Crippen LogP contribution is 2.29. The van der Waals surface area contributed by atoms with Crippen LogP contribution < -0.4 is 10.1 Å². The van der Waals surface area contributed by atoms with E-state index in [1.165, 1.54) is 35.0 Å². The van der Waals surface area contributed by atoms with Gasteiger partial charge in [-0.25, -0.2) is 0 Å². The minimum absolute atomic E-state index is 0.0122. The van der Waals surface area contributed by atoms with Crippen molar-refractivity contribution in [2.24, 2.45) is 0 Å². The van der Waals surface area contributed by atoms with E-state index in [0.717, 1.165) is 0 Å². The molecule has 9 nitrogen and oxygen atoms in total. The molecule has 1 N–H and O–H groups in total. The molecule has 0 aliphatic carbocycles. The number of non-ortho nitro benzene ring substituents is 1. The zero-order valence-corrected chi connectivity index (χ0v) is 20.9. The minimum Gasteiger partial charge on any atom is -0.497 e. The van der Waals surface area contributed by atoms with Gasteiger partial charge < -0.3 is 10.1 Å². The van der Waals surface area contributed by atoms with Gasteiger partial charge in [-0.1, -0.05) is 42.1 Å². The van der Waals surface area contributed by atoms with E-state index in [9.17, 15) is 14.9 Å². The first-order chi connectivity index (χ1) is 17.4. The fourth-order valence-electron chi connectivity index (χ4n) is 3.64. The van der Waals surface area contributed by atoms with Crippen molar-refractivity contribution in [3.05, 3.63) is 105 Å². The van der Waals surface area contributed by atoms with Gasteiger partial charge in [0.25, 0.3) is 11.6 Å². The summed E-state index contributed by atoms with van der Waals surface area (Å²) in [5.74, 6) is 1.47. The number of hydrogen-bond donors (Lipinski definition) is 1. The zero-order valence-electron chi connectivity index (χ0n) is 20.0. The molecule has 4 rings (SSSR count). The molecule has 1 heterocycles. The van der Waals surface area contributed by atoms with Crippen molar-refractivity contribution < 1.29 is 14.5 Å². The van der Waals surface area contributed by atoms with Gasteiger partial charge in [-0.15, -0.1) is 10.2 Å². The van der Waals surface area contributed by atoms with Gasteiger partial charge in [-0.2, -0.15) is 0 Å². The van der Waals surface area contributed by atoms with Crippen LogP contribution in [0.1, 0.15) is 40.3 Å². The fourth-order valence-corrected chi connectivity index (χ4v) is 4.68. The number of rotatable bonds is 9. The smallest absolute Gasteiger partial charge is 0.269 e. The van der Waals surface area contributed by atoms with Crippen LogP contribution in [0.3, 0.4) is 0 Å². The highest BCUT2D eigenvalue weighted by molar-refractivity contribution is 7.98. The number of hydrogen-bond acceptors (Lipinski definition) is 7. The first-order valence-corrected chi connectivity index (χ1v) is 12.2. The molecule has 0 aliphatic rings. The van der Waals surface area contributed by atoms with Gasteiger partial charge in [0.05, 0.1) is 18.1 Å². The molecule has 0 aliphatic heterocycles. The Labute approximate surface area is 212 Å². The standard InChI is InChI=1S/C26H25N5O4S/c1-17-7-4-5-8-20(17)16-36-26-29-28-24(30(26)21-11-13-22(14-12-21)31(33)34)18(2)27-25(32)19-9-6-10-23(15-19)35-3/h4-15,18H,16H2,1-3H3,(H,27,32). The fraction of sp³-hybridized carbons (Fsp3) is 0.192. The van der Waals surface area contributed by atoms with Crippen LogP contribution in [0.15, 0.2) is 78.0 Å². The monoisotopic (exact) mass is 503 g/mol. The van der Waals surface area contributed by atoms with Crippen molar-refractivity contribution >= 4 is 23.4 Å². The van der Waals surface area contributed by atoms with E-state index in [0.29, 0.717) is 33.7 Å². The summed E-state index contributed by atoms with van der Waals surface area (Å²) in [6.07, 6.45) is 0. The Bertz CT molecular complexity index is 1390. The van der Waals surface area contributed by atoms with Crippen LogP contribution in [0.25, 0.3) is 5.69 Å². The number of nitrogens with one attached hydrogen (secondary N) is 1. The summed E-state index contributed by atoms with van der Waals surface area (Å²) >= 11 is 1.50. The minimum atomic E-state index is -0.501. The molecular formula is C26H25N5O4S. The summed E-state index contributed by atoms with van der Waals surface area (Å²) in [5.41, 5.74) is 3.45. The van der Waals surface area contributed by atoms with E-state index < -0.39 is 11.0 Å². The Balaban J connectivity index is 1.65. The molecule has 3 aromatic carbocycles. The number of nitrogens with zero attached hydrogens (tertiary/aromatic N) is 4. The molecule has 0 fully saturated rings. The number of thioether (sulfide) groups is 1. The maximum Gasteiger partial charge on any atom is 0.269 e. The maximum absolute atomic E-state index is 12.9. The molecule has 184 valence electrons. The van der Waals surface area contributed by atoms with Crippen molar-refractivity contribution in [1.82, 2.24) is 20.1 Å². The largest absolute Gasteiger partial charge is 0.497 e. The molecule has 0 bridgehead atoms. The second-order valence-electron chi connectivity index (χ2n) is 8.09. The second-order valence-corrected chi connectivity index (χ2v) is 9.03. The van der Waals surface area contributed by atoms with Crippen molar-refractivity contribution in [1.29, 1.82) is 0 Å². The van der Waals surface area contributed by atoms with Crippen molar-refractivity contribution in [2.45, 2.75) is 30.8 Å². The predicted molar refractivity (Wildman–Crippen MR) is 138 cm³/mol. The lowest BCUT2D eigenvalue weighted by Crippen LogP contribution is -2.28. The predicted octanol–water partition coefficient (Wildman–Crippen LogP) is 5.28. The highest BCUT2D eigenvalue weighted by atomic mass is 32.2. The summed E-state index contributed by atoms with van der Waals surface area (Å²) in [4.78, 5) is 23.6. The van der Waals surface area contributed by atoms with E-state index in [2.05, 4.69) is 34.6 Å². The van der Waals surface area contributed by atoms with Gasteiger partial charge in [0.1, 0.15) is 5.75 Å². The van der Waals surface area contributed by atoms with E-state index in [1.54, 1.807) is 43.5 Å². The van der Waals surface area contributed by atoms with Crippen molar-refractivity contribution in [3.8, 4) is 11.4 Å². The Kier molecular flexibility index (Phi) is 7.65. The summed E-state index contributed by atoms with van der Waals surface area (Å²) in [5, 5.41) is 23.5. The van der Waals surface area contributed by atoms with Crippen LogP contribution in [0.5, 0.6) is 5.75 Å². The molecule has 10 heteroatoms. The number of aromatic nitrogens is 3. The lowest BCUT2D eigenvalue weighted by atomic mass is 10.1. The molecule has 36 heavy (non-hydrogen) atoms. The van der Waals surface area contributed by atoms with Crippen molar-refractivity contribution in [3.63, 3.8) is 0 Å². The van der Waals surface area contributed by atoms with Gasteiger partial charge in [-0.3, -0.25) is 19.5 Å². The van der Waals surface area contributed by atoms with Gasteiger partial charge >= 0.3 is 0 Å². The molecule has 0 saturated heterocycles. The lowest BCUT2D eigenvalue weighted by molar-refractivity contribution is -0.384. The third-order valence-corrected chi connectivity index (χ3v) is 6.64. The second kappa shape index (κ2) is 11.0. The van der Waals surface area contributed by atoms with E-state index in [-0.39, 0.29) is 11.6 Å². The van der Waals surface area contributed by atoms with Crippen LogP contribution in [0, 0.1) is 17.0 Å². The number of methoxy groups -OCH3 is 1.